The van der Waals surface area contributed by atoms with E-state index in [1.807, 2.05) is 0 Å². The molecule has 0 radical (unpaired) electrons. The highest BCUT2D eigenvalue weighted by Crippen LogP contribution is 2.26. The van der Waals surface area contributed by atoms with E-state index in [1.54, 1.807) is 11.4 Å². The minimum atomic E-state index is -1.07. The fraction of sp³-hybridized carbons (Fsp3) is 0. The second kappa shape index (κ2) is 4.63. The van der Waals surface area contributed by atoms with Gasteiger partial charge in [-0.25, -0.2) is 4.98 Å². The lowest BCUT2D eigenvalue weighted by molar-refractivity contribution is -0.134. The van der Waals surface area contributed by atoms with Crippen molar-refractivity contribution in [2.75, 3.05) is 5.32 Å². The van der Waals surface area contributed by atoms with Crippen LogP contribution in [0.4, 0.5) is 5.13 Å². The number of rotatable bonds is 2. The van der Waals surface area contributed by atoms with Crippen LogP contribution >= 0.6 is 27.3 Å². The van der Waals surface area contributed by atoms with Crippen molar-refractivity contribution in [1.82, 2.24) is 10.1 Å². The Morgan fingerprint density at radius 1 is 1.53 bits per heavy atom. The Hall–Kier alpha value is -1.74. The Bertz CT molecular complexity index is 579. The van der Waals surface area contributed by atoms with Crippen LogP contribution in [0, 0.1) is 0 Å². The third-order valence-electron chi connectivity index (χ3n) is 1.68. The fourth-order valence-electron chi connectivity index (χ4n) is 0.977. The summed E-state index contributed by atoms with van der Waals surface area (Å²) in [5.41, 5.74) is 5.30. The molecule has 17 heavy (non-hydrogen) atoms. The molecule has 0 saturated heterocycles. The van der Waals surface area contributed by atoms with Crippen molar-refractivity contribution in [1.29, 1.82) is 0 Å². The number of nitrogens with zero attached hydrogens (tertiary/aromatic N) is 2. The van der Waals surface area contributed by atoms with Crippen molar-refractivity contribution in [3.05, 3.63) is 16.0 Å². The molecule has 0 aliphatic heterocycles. The SMILES string of the molecule is NC(=O)C(=O)Nc1nc(-c2cc(Br)no2)cs1. The van der Waals surface area contributed by atoms with Crippen molar-refractivity contribution >= 4 is 44.2 Å². The standard InChI is InChI=1S/C8H5BrN4O3S/c9-5-1-4(16-13-5)3-2-17-8(11-3)12-7(15)6(10)14/h1-2H,(H2,10,14)(H,11,12,15). The lowest BCUT2D eigenvalue weighted by atomic mass is 10.4. The molecule has 0 aliphatic rings. The zero-order chi connectivity index (χ0) is 12.4. The van der Waals surface area contributed by atoms with Crippen LogP contribution in [-0.4, -0.2) is 22.0 Å². The molecule has 2 rings (SSSR count). The van der Waals surface area contributed by atoms with Gasteiger partial charge in [0.25, 0.3) is 0 Å². The summed E-state index contributed by atoms with van der Waals surface area (Å²) in [6.45, 7) is 0. The van der Waals surface area contributed by atoms with Gasteiger partial charge in [-0.2, -0.15) is 0 Å². The van der Waals surface area contributed by atoms with Crippen LogP contribution in [0.15, 0.2) is 20.6 Å². The Balaban J connectivity index is 2.16. The van der Waals surface area contributed by atoms with Gasteiger partial charge in [-0.15, -0.1) is 11.3 Å². The minimum Gasteiger partial charge on any atom is -0.361 e. The average molecular weight is 317 g/mol. The number of nitrogens with one attached hydrogen (secondary N) is 1. The van der Waals surface area contributed by atoms with Crippen LogP contribution in [0.25, 0.3) is 11.5 Å². The summed E-state index contributed by atoms with van der Waals surface area (Å²) in [6.07, 6.45) is 0. The Kier molecular flexibility index (Phi) is 3.20. The van der Waals surface area contributed by atoms with E-state index in [-0.39, 0.29) is 5.13 Å². The lowest BCUT2D eigenvalue weighted by Crippen LogP contribution is -2.29. The number of amides is 2. The largest absolute Gasteiger partial charge is 0.361 e. The highest BCUT2D eigenvalue weighted by atomic mass is 79.9. The molecule has 0 spiro atoms. The molecular formula is C8H5BrN4O3S. The molecule has 0 bridgehead atoms. The molecule has 7 nitrogen and oxygen atoms in total. The van der Waals surface area contributed by atoms with E-state index in [0.29, 0.717) is 16.1 Å². The Labute approximate surface area is 107 Å². The molecule has 2 aromatic rings. The highest BCUT2D eigenvalue weighted by Gasteiger charge is 2.13. The molecule has 9 heteroatoms. The quantitative estimate of drug-likeness (QED) is 0.802. The van der Waals surface area contributed by atoms with Crippen molar-refractivity contribution in [2.24, 2.45) is 5.73 Å². The molecule has 2 aromatic heterocycles. The summed E-state index contributed by atoms with van der Waals surface area (Å²) in [4.78, 5) is 25.6. The molecule has 0 aliphatic carbocycles. The smallest absolute Gasteiger partial charge is 0.315 e. The van der Waals surface area contributed by atoms with Crippen LogP contribution < -0.4 is 11.1 Å². The molecule has 3 N–H and O–H groups in total. The first-order valence-corrected chi connectivity index (χ1v) is 5.92. The van der Waals surface area contributed by atoms with Crippen LogP contribution in [0.1, 0.15) is 0 Å². The van der Waals surface area contributed by atoms with Gasteiger partial charge in [0.2, 0.25) is 0 Å². The molecule has 0 unspecified atom stereocenters. The van der Waals surface area contributed by atoms with Crippen LogP contribution in [-0.2, 0) is 9.59 Å². The second-order valence-corrected chi connectivity index (χ2v) is 4.54. The molecular weight excluding hydrogens is 312 g/mol. The molecule has 0 fully saturated rings. The first kappa shape index (κ1) is 11.7. The maximum atomic E-state index is 11.0. The van der Waals surface area contributed by atoms with Gasteiger partial charge >= 0.3 is 11.8 Å². The number of hydrogen-bond donors (Lipinski definition) is 2. The summed E-state index contributed by atoms with van der Waals surface area (Å²) in [5.74, 6) is -1.53. The van der Waals surface area contributed by atoms with E-state index in [1.165, 1.54) is 0 Å². The van der Waals surface area contributed by atoms with Gasteiger partial charge in [-0.05, 0) is 15.9 Å². The van der Waals surface area contributed by atoms with Gasteiger partial charge in [-0.1, -0.05) is 5.16 Å². The van der Waals surface area contributed by atoms with Gasteiger partial charge in [0.15, 0.2) is 10.9 Å². The zero-order valence-electron chi connectivity index (χ0n) is 8.14. The van der Waals surface area contributed by atoms with E-state index in [2.05, 4.69) is 31.4 Å². The average Bonchev–Trinajstić information content (AvgIpc) is 2.86. The van der Waals surface area contributed by atoms with Gasteiger partial charge < -0.3 is 10.3 Å². The number of primary amides is 1. The fourth-order valence-corrected chi connectivity index (χ4v) is 1.95. The number of halogens is 1. The second-order valence-electron chi connectivity index (χ2n) is 2.87. The van der Waals surface area contributed by atoms with E-state index in [0.717, 1.165) is 11.3 Å². The van der Waals surface area contributed by atoms with Gasteiger partial charge in [-0.3, -0.25) is 14.9 Å². The molecule has 0 atom stereocenters. The number of hydrogen-bond acceptors (Lipinski definition) is 6. The van der Waals surface area contributed by atoms with Gasteiger partial charge in [0.05, 0.1) is 0 Å². The van der Waals surface area contributed by atoms with Crippen molar-refractivity contribution in [3.63, 3.8) is 0 Å². The van der Waals surface area contributed by atoms with Crippen LogP contribution in [0.2, 0.25) is 0 Å². The van der Waals surface area contributed by atoms with Gasteiger partial charge in [0, 0.05) is 11.4 Å². The third-order valence-corrected chi connectivity index (χ3v) is 2.81. The summed E-state index contributed by atoms with van der Waals surface area (Å²) in [7, 11) is 0. The van der Waals surface area contributed by atoms with Crippen LogP contribution in [0.5, 0.6) is 0 Å². The normalized spacial score (nSPS) is 10.2. The monoisotopic (exact) mass is 316 g/mol. The summed E-state index contributed by atoms with van der Waals surface area (Å²) < 4.78 is 5.50. The number of aromatic nitrogens is 2. The maximum Gasteiger partial charge on any atom is 0.315 e. The molecule has 2 heterocycles. The van der Waals surface area contributed by atoms with E-state index in [9.17, 15) is 9.59 Å². The minimum absolute atomic E-state index is 0.260. The number of carbonyl (C=O) groups is 2. The maximum absolute atomic E-state index is 11.0. The first-order valence-electron chi connectivity index (χ1n) is 4.25. The zero-order valence-corrected chi connectivity index (χ0v) is 10.5. The van der Waals surface area contributed by atoms with Crippen molar-refractivity contribution in [3.8, 4) is 11.5 Å². The highest BCUT2D eigenvalue weighted by molar-refractivity contribution is 9.10. The van der Waals surface area contributed by atoms with Crippen molar-refractivity contribution < 1.29 is 14.1 Å². The lowest BCUT2D eigenvalue weighted by Gasteiger charge is -1.94. The molecule has 88 valence electrons. The van der Waals surface area contributed by atoms with Gasteiger partial charge in [0.1, 0.15) is 10.3 Å². The first-order chi connectivity index (χ1) is 8.06. The predicted molar refractivity (Wildman–Crippen MR) is 63.1 cm³/mol. The number of carbonyl (C=O) groups excluding carboxylic acids is 2. The summed E-state index contributed by atoms with van der Waals surface area (Å²) in [6, 6.07) is 1.63. The number of nitrogens with two attached hydrogens (primary N) is 1. The molecule has 2 amide bonds. The van der Waals surface area contributed by atoms with E-state index in [4.69, 9.17) is 10.3 Å². The van der Waals surface area contributed by atoms with E-state index >= 15 is 0 Å². The van der Waals surface area contributed by atoms with E-state index < -0.39 is 11.8 Å². The Morgan fingerprint density at radius 2 is 2.29 bits per heavy atom. The summed E-state index contributed by atoms with van der Waals surface area (Å²) >= 11 is 4.28. The third kappa shape index (κ3) is 2.68. The number of thiazole rings is 1. The molecule has 0 aromatic carbocycles. The number of anilines is 1. The topological polar surface area (TPSA) is 111 Å². The van der Waals surface area contributed by atoms with Crippen LogP contribution in [0.3, 0.4) is 0 Å². The Morgan fingerprint density at radius 3 is 2.88 bits per heavy atom. The van der Waals surface area contributed by atoms with Crippen molar-refractivity contribution in [2.45, 2.75) is 0 Å². The summed E-state index contributed by atoms with van der Waals surface area (Å²) in [5, 5.41) is 7.81. The molecule has 0 saturated carbocycles. The predicted octanol–water partition coefficient (Wildman–Crippen LogP) is 0.984.